The van der Waals surface area contributed by atoms with Crippen LogP contribution in [0.4, 0.5) is 36.3 Å². The van der Waals surface area contributed by atoms with Crippen molar-refractivity contribution in [3.05, 3.63) is 35.0 Å². The van der Waals surface area contributed by atoms with E-state index in [0.29, 0.717) is 29.7 Å². The molecule has 2 atom stereocenters. The predicted octanol–water partition coefficient (Wildman–Crippen LogP) is 4.51. The standard InChI is InChI=1S/C25H31ClF3N7O/c26-20-13-17(36-12-11-35-10-7-18(36)15-35)5-6-21(20)33-24-32-14-19(25(27,28)29)22(34-24)30-8-2-9-31-23(37)16-3-1-4-16/h5-6,13-14,16,18H,1-4,7-12,15H2,(H,31,37)(H2,30,32,33,34). The molecule has 2 unspecified atom stereocenters. The second-order valence-corrected chi connectivity index (χ2v) is 10.3. The quantitative estimate of drug-likeness (QED) is 0.406. The fourth-order valence-corrected chi connectivity index (χ4v) is 5.27. The molecule has 8 nitrogen and oxygen atoms in total. The monoisotopic (exact) mass is 537 g/mol. The molecule has 1 amide bonds. The lowest BCUT2D eigenvalue weighted by Crippen LogP contribution is -2.46. The van der Waals surface area contributed by atoms with Crippen molar-refractivity contribution in [2.24, 2.45) is 5.92 Å². The number of nitrogens with one attached hydrogen (secondary N) is 3. The van der Waals surface area contributed by atoms with Crippen molar-refractivity contribution in [1.82, 2.24) is 20.2 Å². The molecular weight excluding hydrogens is 507 g/mol. The number of piperazine rings is 1. The smallest absolute Gasteiger partial charge is 0.369 e. The lowest BCUT2D eigenvalue weighted by atomic mass is 9.85. The summed E-state index contributed by atoms with van der Waals surface area (Å²) in [5.74, 6) is -0.215. The van der Waals surface area contributed by atoms with E-state index in [1.54, 1.807) is 6.07 Å². The predicted molar refractivity (Wildman–Crippen MR) is 137 cm³/mol. The zero-order chi connectivity index (χ0) is 26.0. The molecule has 200 valence electrons. The van der Waals surface area contributed by atoms with E-state index in [1.165, 1.54) is 0 Å². The molecule has 2 aromatic rings. The highest BCUT2D eigenvalue weighted by molar-refractivity contribution is 6.33. The Labute approximate surface area is 219 Å². The molecule has 2 bridgehead atoms. The number of hydrogen-bond acceptors (Lipinski definition) is 7. The van der Waals surface area contributed by atoms with E-state index in [1.807, 2.05) is 12.1 Å². The third-order valence-electron chi connectivity index (χ3n) is 7.39. The summed E-state index contributed by atoms with van der Waals surface area (Å²) in [7, 11) is 0. The van der Waals surface area contributed by atoms with Gasteiger partial charge in [0, 0.05) is 63.1 Å². The summed E-state index contributed by atoms with van der Waals surface area (Å²) in [4.78, 5) is 24.7. The van der Waals surface area contributed by atoms with Crippen LogP contribution in [-0.4, -0.2) is 66.1 Å². The molecule has 1 aliphatic carbocycles. The molecule has 37 heavy (non-hydrogen) atoms. The average Bonchev–Trinajstić information content (AvgIpc) is 3.19. The molecule has 12 heteroatoms. The number of benzene rings is 1. The van der Waals surface area contributed by atoms with Gasteiger partial charge in [-0.25, -0.2) is 4.98 Å². The van der Waals surface area contributed by atoms with Crippen molar-refractivity contribution in [3.8, 4) is 0 Å². The molecule has 5 rings (SSSR count). The number of hydrogen-bond donors (Lipinski definition) is 3. The number of anilines is 4. The maximum atomic E-state index is 13.5. The van der Waals surface area contributed by atoms with Crippen LogP contribution in [0.15, 0.2) is 24.4 Å². The highest BCUT2D eigenvalue weighted by Gasteiger charge is 2.35. The van der Waals surface area contributed by atoms with E-state index in [-0.39, 0.29) is 30.1 Å². The van der Waals surface area contributed by atoms with Gasteiger partial charge in [-0.05, 0) is 43.9 Å². The fourth-order valence-electron chi connectivity index (χ4n) is 5.05. The van der Waals surface area contributed by atoms with Crippen LogP contribution in [0.25, 0.3) is 0 Å². The molecule has 3 aliphatic rings. The minimum absolute atomic E-state index is 0.00726. The van der Waals surface area contributed by atoms with Crippen LogP contribution in [0.1, 0.15) is 37.7 Å². The number of rotatable bonds is 9. The first-order valence-electron chi connectivity index (χ1n) is 12.8. The number of fused-ring (bicyclic) bond motifs is 2. The van der Waals surface area contributed by atoms with E-state index in [9.17, 15) is 18.0 Å². The van der Waals surface area contributed by atoms with Gasteiger partial charge in [0.25, 0.3) is 0 Å². The van der Waals surface area contributed by atoms with Crippen molar-refractivity contribution >= 4 is 40.6 Å². The highest BCUT2D eigenvalue weighted by Crippen LogP contribution is 2.36. The minimum Gasteiger partial charge on any atom is -0.369 e. The van der Waals surface area contributed by atoms with Crippen molar-refractivity contribution in [3.63, 3.8) is 0 Å². The molecular formula is C25H31ClF3N7O. The minimum atomic E-state index is -4.61. The van der Waals surface area contributed by atoms with E-state index >= 15 is 0 Å². The molecule has 3 N–H and O–H groups in total. The van der Waals surface area contributed by atoms with E-state index in [0.717, 1.165) is 63.7 Å². The first-order chi connectivity index (χ1) is 17.8. The Morgan fingerprint density at radius 3 is 2.70 bits per heavy atom. The number of halogens is 4. The highest BCUT2D eigenvalue weighted by atomic mass is 35.5. The maximum absolute atomic E-state index is 13.5. The molecule has 3 fully saturated rings. The van der Waals surface area contributed by atoms with Crippen LogP contribution >= 0.6 is 11.6 Å². The average molecular weight is 538 g/mol. The van der Waals surface area contributed by atoms with Gasteiger partial charge in [0.2, 0.25) is 11.9 Å². The molecule has 1 aromatic heterocycles. The number of carbonyl (C=O) groups excluding carboxylic acids is 1. The summed E-state index contributed by atoms with van der Waals surface area (Å²) >= 11 is 6.54. The van der Waals surface area contributed by atoms with Gasteiger partial charge >= 0.3 is 6.18 Å². The van der Waals surface area contributed by atoms with E-state index in [2.05, 4.69) is 35.7 Å². The van der Waals surface area contributed by atoms with Crippen LogP contribution in [-0.2, 0) is 11.0 Å². The molecule has 1 saturated carbocycles. The van der Waals surface area contributed by atoms with Gasteiger partial charge in [-0.1, -0.05) is 18.0 Å². The summed E-state index contributed by atoms with van der Waals surface area (Å²) in [5, 5.41) is 8.98. The largest absolute Gasteiger partial charge is 0.421 e. The van der Waals surface area contributed by atoms with E-state index < -0.39 is 11.7 Å². The summed E-state index contributed by atoms with van der Waals surface area (Å²) in [6.07, 6.45) is 0.614. The van der Waals surface area contributed by atoms with Crippen molar-refractivity contribution in [2.45, 2.75) is 44.3 Å². The maximum Gasteiger partial charge on any atom is 0.421 e. The fraction of sp³-hybridized carbons (Fsp3) is 0.560. The summed E-state index contributed by atoms with van der Waals surface area (Å²) < 4.78 is 40.6. The Bertz CT molecular complexity index is 1130. The Hall–Kier alpha value is -2.79. The third-order valence-corrected chi connectivity index (χ3v) is 7.70. The molecule has 1 aromatic carbocycles. The summed E-state index contributed by atoms with van der Waals surface area (Å²) in [6.45, 7) is 4.74. The van der Waals surface area contributed by atoms with Gasteiger partial charge in [-0.3, -0.25) is 9.69 Å². The Kier molecular flexibility index (Phi) is 7.62. The van der Waals surface area contributed by atoms with Gasteiger partial charge in [-0.2, -0.15) is 18.2 Å². The number of nitrogens with zero attached hydrogens (tertiary/aromatic N) is 4. The Morgan fingerprint density at radius 2 is 1.97 bits per heavy atom. The van der Waals surface area contributed by atoms with Crippen LogP contribution in [0.2, 0.25) is 5.02 Å². The Balaban J connectivity index is 1.22. The number of amides is 1. The topological polar surface area (TPSA) is 85.4 Å². The number of aromatic nitrogens is 2. The van der Waals surface area contributed by atoms with Gasteiger partial charge < -0.3 is 20.9 Å². The van der Waals surface area contributed by atoms with Crippen molar-refractivity contribution < 1.29 is 18.0 Å². The normalized spacial score (nSPS) is 21.5. The number of carbonyl (C=O) groups is 1. The van der Waals surface area contributed by atoms with Crippen LogP contribution in [0.3, 0.4) is 0 Å². The molecule has 3 heterocycles. The Morgan fingerprint density at radius 1 is 1.14 bits per heavy atom. The lowest BCUT2D eigenvalue weighted by molar-refractivity contribution is -0.137. The second-order valence-electron chi connectivity index (χ2n) is 9.88. The summed E-state index contributed by atoms with van der Waals surface area (Å²) in [6, 6.07) is 6.11. The van der Waals surface area contributed by atoms with Gasteiger partial charge in [-0.15, -0.1) is 0 Å². The van der Waals surface area contributed by atoms with Crippen molar-refractivity contribution in [1.29, 1.82) is 0 Å². The molecule has 0 spiro atoms. The molecule has 2 saturated heterocycles. The van der Waals surface area contributed by atoms with Gasteiger partial charge in [0.1, 0.15) is 11.4 Å². The third kappa shape index (κ3) is 6.04. The van der Waals surface area contributed by atoms with Crippen LogP contribution < -0.4 is 20.9 Å². The second kappa shape index (κ2) is 10.9. The molecule has 2 aliphatic heterocycles. The first-order valence-corrected chi connectivity index (χ1v) is 13.2. The zero-order valence-corrected chi connectivity index (χ0v) is 21.2. The first kappa shape index (κ1) is 25.8. The molecule has 0 radical (unpaired) electrons. The van der Waals surface area contributed by atoms with Crippen molar-refractivity contribution in [2.75, 3.05) is 54.8 Å². The number of alkyl halides is 3. The van der Waals surface area contributed by atoms with Gasteiger partial charge in [0.15, 0.2) is 0 Å². The van der Waals surface area contributed by atoms with E-state index in [4.69, 9.17) is 11.6 Å². The SMILES string of the molecule is O=C(NCCCNc1nc(Nc2ccc(N3CCN4CCC3C4)cc2Cl)ncc1C(F)(F)F)C1CCC1. The van der Waals surface area contributed by atoms with Crippen LogP contribution in [0.5, 0.6) is 0 Å². The zero-order valence-electron chi connectivity index (χ0n) is 20.5. The van der Waals surface area contributed by atoms with Gasteiger partial charge in [0.05, 0.1) is 10.7 Å². The lowest BCUT2D eigenvalue weighted by Gasteiger charge is -2.36. The summed E-state index contributed by atoms with van der Waals surface area (Å²) in [5.41, 5.74) is 0.593. The van der Waals surface area contributed by atoms with Crippen LogP contribution in [0, 0.1) is 5.92 Å².